The van der Waals surface area contributed by atoms with E-state index in [2.05, 4.69) is 29.6 Å². The second kappa shape index (κ2) is 6.64. The van der Waals surface area contributed by atoms with Gasteiger partial charge in [0.25, 0.3) is 0 Å². The van der Waals surface area contributed by atoms with E-state index in [4.69, 9.17) is 16.3 Å². The first-order valence-corrected chi connectivity index (χ1v) is 7.10. The predicted molar refractivity (Wildman–Crippen MR) is 86.0 cm³/mol. The molecule has 2 aromatic carbocycles. The van der Waals surface area contributed by atoms with Crippen LogP contribution in [0.5, 0.6) is 0 Å². The maximum atomic E-state index is 11.8. The zero-order valence-corrected chi connectivity index (χ0v) is 13.1. The third-order valence-corrected chi connectivity index (χ3v) is 3.57. The largest absolute Gasteiger partial charge is 0.465 e. The maximum absolute atomic E-state index is 11.8. The van der Waals surface area contributed by atoms with Gasteiger partial charge < -0.3 is 10.1 Å². The van der Waals surface area contributed by atoms with Crippen molar-refractivity contribution in [1.82, 2.24) is 0 Å². The Bertz CT molecular complexity index is 638. The van der Waals surface area contributed by atoms with Gasteiger partial charge in [-0.2, -0.15) is 0 Å². The van der Waals surface area contributed by atoms with Crippen molar-refractivity contribution in [3.63, 3.8) is 0 Å². The van der Waals surface area contributed by atoms with Gasteiger partial charge >= 0.3 is 5.97 Å². The number of anilines is 1. The highest BCUT2D eigenvalue weighted by Gasteiger charge is 2.14. The molecule has 2 aromatic rings. The van der Waals surface area contributed by atoms with Gasteiger partial charge in [-0.15, -0.1) is 0 Å². The molecule has 0 heterocycles. The number of carbonyl (C=O) groups is 1. The minimum Gasteiger partial charge on any atom is -0.465 e. The molecule has 1 N–H and O–H groups in total. The Labute approximate surface area is 129 Å². The van der Waals surface area contributed by atoms with E-state index in [0.717, 1.165) is 5.56 Å². The average molecular weight is 304 g/mol. The molecule has 0 bridgehead atoms. The van der Waals surface area contributed by atoms with Crippen LogP contribution in [0.15, 0.2) is 42.5 Å². The lowest BCUT2D eigenvalue weighted by Gasteiger charge is -2.18. The maximum Gasteiger partial charge on any atom is 0.339 e. The summed E-state index contributed by atoms with van der Waals surface area (Å²) in [5.74, 6) is -0.384. The first-order chi connectivity index (χ1) is 10.0. The molecule has 0 aromatic heterocycles. The molecule has 0 saturated heterocycles. The summed E-state index contributed by atoms with van der Waals surface area (Å²) >= 11 is 6.02. The fraction of sp³-hybridized carbons (Fsp3) is 0.235. The Hall–Kier alpha value is -2.00. The molecule has 1 unspecified atom stereocenters. The topological polar surface area (TPSA) is 38.3 Å². The molecule has 2 rings (SSSR count). The Balaban J connectivity index is 2.27. The highest BCUT2D eigenvalue weighted by molar-refractivity contribution is 6.31. The zero-order chi connectivity index (χ0) is 15.4. The molecule has 3 nitrogen and oxygen atoms in total. The lowest BCUT2D eigenvalue weighted by molar-refractivity contribution is 0.0602. The fourth-order valence-corrected chi connectivity index (χ4v) is 2.27. The molecule has 21 heavy (non-hydrogen) atoms. The number of benzene rings is 2. The van der Waals surface area contributed by atoms with Crippen molar-refractivity contribution in [2.75, 3.05) is 12.4 Å². The highest BCUT2D eigenvalue weighted by atomic mass is 35.5. The Morgan fingerprint density at radius 2 is 1.86 bits per heavy atom. The van der Waals surface area contributed by atoms with Crippen LogP contribution in [0.2, 0.25) is 5.02 Å². The molecule has 110 valence electrons. The lowest BCUT2D eigenvalue weighted by Crippen LogP contribution is -2.11. The number of rotatable bonds is 4. The average Bonchev–Trinajstić information content (AvgIpc) is 2.47. The number of nitrogens with one attached hydrogen (secondary N) is 1. The SMILES string of the molecule is COC(=O)c1ccc(Cl)cc1NC(C)c1ccc(C)cc1. The van der Waals surface area contributed by atoms with E-state index in [0.29, 0.717) is 16.3 Å². The molecule has 0 aliphatic carbocycles. The van der Waals surface area contributed by atoms with Crippen molar-refractivity contribution in [3.05, 3.63) is 64.2 Å². The van der Waals surface area contributed by atoms with Crippen LogP contribution in [0, 0.1) is 6.92 Å². The number of hydrogen-bond donors (Lipinski definition) is 1. The number of hydrogen-bond acceptors (Lipinski definition) is 3. The highest BCUT2D eigenvalue weighted by Crippen LogP contribution is 2.26. The third kappa shape index (κ3) is 3.76. The minimum atomic E-state index is -0.384. The van der Waals surface area contributed by atoms with Crippen LogP contribution in [-0.2, 0) is 4.74 Å². The van der Waals surface area contributed by atoms with Crippen LogP contribution >= 0.6 is 11.6 Å². The van der Waals surface area contributed by atoms with E-state index < -0.39 is 0 Å². The van der Waals surface area contributed by atoms with E-state index in [9.17, 15) is 4.79 Å². The Morgan fingerprint density at radius 3 is 2.48 bits per heavy atom. The van der Waals surface area contributed by atoms with Crippen molar-refractivity contribution in [2.24, 2.45) is 0 Å². The van der Waals surface area contributed by atoms with E-state index >= 15 is 0 Å². The van der Waals surface area contributed by atoms with Crippen molar-refractivity contribution in [3.8, 4) is 0 Å². The number of esters is 1. The van der Waals surface area contributed by atoms with E-state index in [1.54, 1.807) is 18.2 Å². The third-order valence-electron chi connectivity index (χ3n) is 3.34. The second-order valence-corrected chi connectivity index (χ2v) is 5.39. The van der Waals surface area contributed by atoms with Gasteiger partial charge in [0.15, 0.2) is 0 Å². The summed E-state index contributed by atoms with van der Waals surface area (Å²) in [4.78, 5) is 11.8. The van der Waals surface area contributed by atoms with Crippen molar-refractivity contribution >= 4 is 23.3 Å². The van der Waals surface area contributed by atoms with Crippen LogP contribution < -0.4 is 5.32 Å². The molecule has 4 heteroatoms. The molecule has 1 atom stereocenters. The molecule has 0 radical (unpaired) electrons. The number of ether oxygens (including phenoxy) is 1. The first-order valence-electron chi connectivity index (χ1n) is 6.72. The first kappa shape index (κ1) is 15.4. The minimum absolute atomic E-state index is 0.0486. The summed E-state index contributed by atoms with van der Waals surface area (Å²) in [5.41, 5.74) is 3.49. The number of aryl methyl sites for hydroxylation is 1. The van der Waals surface area contributed by atoms with Crippen LogP contribution in [0.3, 0.4) is 0 Å². The molecule has 0 aliphatic rings. The van der Waals surface area contributed by atoms with E-state index in [1.807, 2.05) is 13.8 Å². The number of methoxy groups -OCH3 is 1. The molecule has 0 aliphatic heterocycles. The van der Waals surface area contributed by atoms with Crippen LogP contribution in [0.1, 0.15) is 34.5 Å². The zero-order valence-electron chi connectivity index (χ0n) is 12.3. The summed E-state index contributed by atoms with van der Waals surface area (Å²) < 4.78 is 4.80. The van der Waals surface area contributed by atoms with Gasteiger partial charge in [0.2, 0.25) is 0 Å². The molecule has 0 amide bonds. The fourth-order valence-electron chi connectivity index (χ4n) is 2.10. The van der Waals surface area contributed by atoms with Gasteiger partial charge in [-0.05, 0) is 37.6 Å². The van der Waals surface area contributed by atoms with Gasteiger partial charge in [0.1, 0.15) is 0 Å². The van der Waals surface area contributed by atoms with E-state index in [1.165, 1.54) is 12.7 Å². The molecule has 0 fully saturated rings. The monoisotopic (exact) mass is 303 g/mol. The molecule has 0 saturated carbocycles. The van der Waals surface area contributed by atoms with Crippen molar-refractivity contribution in [1.29, 1.82) is 0 Å². The number of halogens is 1. The second-order valence-electron chi connectivity index (χ2n) is 4.96. The quantitative estimate of drug-likeness (QED) is 0.838. The van der Waals surface area contributed by atoms with Crippen molar-refractivity contribution in [2.45, 2.75) is 19.9 Å². The van der Waals surface area contributed by atoms with E-state index in [-0.39, 0.29) is 12.0 Å². The van der Waals surface area contributed by atoms with Gasteiger partial charge in [-0.25, -0.2) is 4.79 Å². The summed E-state index contributed by atoms with van der Waals surface area (Å²) in [7, 11) is 1.37. The summed E-state index contributed by atoms with van der Waals surface area (Å²) in [6.45, 7) is 4.08. The summed E-state index contributed by atoms with van der Waals surface area (Å²) in [6.07, 6.45) is 0. The normalized spacial score (nSPS) is 11.8. The lowest BCUT2D eigenvalue weighted by atomic mass is 10.1. The summed E-state index contributed by atoms with van der Waals surface area (Å²) in [6, 6.07) is 13.4. The molecular weight excluding hydrogens is 286 g/mol. The van der Waals surface area contributed by atoms with Crippen molar-refractivity contribution < 1.29 is 9.53 Å². The van der Waals surface area contributed by atoms with Gasteiger partial charge in [-0.3, -0.25) is 0 Å². The van der Waals surface area contributed by atoms with Crippen LogP contribution in [-0.4, -0.2) is 13.1 Å². The van der Waals surface area contributed by atoms with Crippen LogP contribution in [0.25, 0.3) is 0 Å². The van der Waals surface area contributed by atoms with Crippen LogP contribution in [0.4, 0.5) is 5.69 Å². The van der Waals surface area contributed by atoms with Gasteiger partial charge in [0, 0.05) is 11.1 Å². The smallest absolute Gasteiger partial charge is 0.339 e. The summed E-state index contributed by atoms with van der Waals surface area (Å²) in [5, 5.41) is 3.89. The van der Waals surface area contributed by atoms with Gasteiger partial charge in [-0.1, -0.05) is 41.4 Å². The van der Waals surface area contributed by atoms with Gasteiger partial charge in [0.05, 0.1) is 18.4 Å². The standard InChI is InChI=1S/C17H18ClNO2/c1-11-4-6-13(7-5-11)12(2)19-16-10-14(18)8-9-15(16)17(20)21-3/h4-10,12,19H,1-3H3. The Kier molecular flexibility index (Phi) is 4.86. The number of carbonyl (C=O) groups excluding carboxylic acids is 1. The molecule has 0 spiro atoms. The predicted octanol–water partition coefficient (Wildman–Crippen LogP) is 4.61. The Morgan fingerprint density at radius 1 is 1.19 bits per heavy atom. The molecular formula is C17H18ClNO2.